The molecule has 0 unspecified atom stereocenters. The maximum Gasteiger partial charge on any atom is 0.0558 e. The molecule has 1 aromatic rings. The second kappa shape index (κ2) is 8.31. The fraction of sp³-hybridized carbons (Fsp3) is 0.571. The smallest absolute Gasteiger partial charge is 0.0558 e. The summed E-state index contributed by atoms with van der Waals surface area (Å²) in [5.74, 6) is 0. The molecule has 0 aliphatic rings. The van der Waals surface area contributed by atoms with Crippen LogP contribution in [0.4, 0.5) is 0 Å². The van der Waals surface area contributed by atoms with Gasteiger partial charge in [-0.2, -0.15) is 0 Å². The molecule has 0 spiro atoms. The van der Waals surface area contributed by atoms with Crippen LogP contribution in [-0.2, 0) is 6.42 Å². The lowest BCUT2D eigenvalue weighted by Gasteiger charge is -2.20. The molecular weight excluding hydrogens is 198 g/mol. The Morgan fingerprint density at radius 1 is 1.06 bits per heavy atom. The van der Waals surface area contributed by atoms with Crippen molar-refractivity contribution in [2.24, 2.45) is 0 Å². The molecule has 1 N–H and O–H groups in total. The van der Waals surface area contributed by atoms with Crippen molar-refractivity contribution in [3.8, 4) is 0 Å². The number of aliphatic hydroxyl groups excluding tert-OH is 1. The Morgan fingerprint density at radius 3 is 2.44 bits per heavy atom. The second-order valence-corrected chi connectivity index (χ2v) is 4.15. The van der Waals surface area contributed by atoms with E-state index in [0.29, 0.717) is 0 Å². The zero-order valence-electron chi connectivity index (χ0n) is 10.2. The van der Waals surface area contributed by atoms with Crippen molar-refractivity contribution in [3.63, 3.8) is 0 Å². The molecule has 0 atom stereocenters. The highest BCUT2D eigenvalue weighted by Gasteiger charge is 2.03. The van der Waals surface area contributed by atoms with E-state index in [0.717, 1.165) is 26.1 Å². The van der Waals surface area contributed by atoms with E-state index in [1.165, 1.54) is 18.4 Å². The van der Waals surface area contributed by atoms with Crippen molar-refractivity contribution in [1.82, 2.24) is 4.90 Å². The molecule has 0 fully saturated rings. The minimum atomic E-state index is 0.262. The summed E-state index contributed by atoms with van der Waals surface area (Å²) >= 11 is 0. The largest absolute Gasteiger partial charge is 0.395 e. The standard InChI is InChI=1S/C14H23NO/c1-2-3-10-15(12-13-16)11-9-14-7-5-4-6-8-14/h4-8,16H,2-3,9-13H2,1H3. The third-order valence-electron chi connectivity index (χ3n) is 2.80. The lowest BCUT2D eigenvalue weighted by molar-refractivity contribution is 0.195. The molecule has 0 radical (unpaired) electrons. The quantitative estimate of drug-likeness (QED) is 0.728. The average Bonchev–Trinajstić information content (AvgIpc) is 2.34. The third-order valence-corrected chi connectivity index (χ3v) is 2.80. The predicted molar refractivity (Wildman–Crippen MR) is 68.6 cm³/mol. The summed E-state index contributed by atoms with van der Waals surface area (Å²) < 4.78 is 0. The summed E-state index contributed by atoms with van der Waals surface area (Å²) in [6.45, 7) is 5.41. The number of hydrogen-bond donors (Lipinski definition) is 1. The summed E-state index contributed by atoms with van der Waals surface area (Å²) in [6.07, 6.45) is 3.51. The molecule has 2 heteroatoms. The molecular formula is C14H23NO. The summed E-state index contributed by atoms with van der Waals surface area (Å²) in [7, 11) is 0. The van der Waals surface area contributed by atoms with Crippen LogP contribution in [0.15, 0.2) is 30.3 Å². The van der Waals surface area contributed by atoms with Gasteiger partial charge in [0.15, 0.2) is 0 Å². The third kappa shape index (κ3) is 5.29. The molecule has 16 heavy (non-hydrogen) atoms. The summed E-state index contributed by atoms with van der Waals surface area (Å²) in [4.78, 5) is 2.34. The summed E-state index contributed by atoms with van der Waals surface area (Å²) in [6, 6.07) is 10.5. The van der Waals surface area contributed by atoms with Crippen LogP contribution in [0, 0.1) is 0 Å². The maximum absolute atomic E-state index is 8.99. The molecule has 0 saturated heterocycles. The van der Waals surface area contributed by atoms with Gasteiger partial charge in [-0.05, 0) is 24.9 Å². The number of hydrogen-bond acceptors (Lipinski definition) is 2. The van der Waals surface area contributed by atoms with Crippen molar-refractivity contribution in [3.05, 3.63) is 35.9 Å². The first-order valence-corrected chi connectivity index (χ1v) is 6.24. The van der Waals surface area contributed by atoms with Crippen molar-refractivity contribution in [1.29, 1.82) is 0 Å². The fourth-order valence-corrected chi connectivity index (χ4v) is 1.79. The van der Waals surface area contributed by atoms with E-state index in [1.807, 2.05) is 6.07 Å². The van der Waals surface area contributed by atoms with Gasteiger partial charge < -0.3 is 10.0 Å². The molecule has 0 aliphatic carbocycles. The van der Waals surface area contributed by atoms with E-state index in [9.17, 15) is 0 Å². The van der Waals surface area contributed by atoms with Crippen LogP contribution in [0.2, 0.25) is 0 Å². The van der Waals surface area contributed by atoms with Crippen LogP contribution >= 0.6 is 0 Å². The first kappa shape index (κ1) is 13.2. The molecule has 0 aromatic heterocycles. The number of benzene rings is 1. The van der Waals surface area contributed by atoms with Crippen molar-refractivity contribution in [2.45, 2.75) is 26.2 Å². The second-order valence-electron chi connectivity index (χ2n) is 4.15. The van der Waals surface area contributed by atoms with Crippen LogP contribution in [0.25, 0.3) is 0 Å². The Hall–Kier alpha value is -0.860. The molecule has 1 rings (SSSR count). The van der Waals surface area contributed by atoms with Crippen LogP contribution in [-0.4, -0.2) is 36.2 Å². The number of rotatable bonds is 8. The van der Waals surface area contributed by atoms with Crippen molar-refractivity contribution in [2.75, 3.05) is 26.2 Å². The van der Waals surface area contributed by atoms with Gasteiger partial charge in [-0.1, -0.05) is 43.7 Å². The topological polar surface area (TPSA) is 23.5 Å². The summed E-state index contributed by atoms with van der Waals surface area (Å²) in [5, 5.41) is 8.99. The lowest BCUT2D eigenvalue weighted by Crippen LogP contribution is -2.30. The Balaban J connectivity index is 2.31. The fourth-order valence-electron chi connectivity index (χ4n) is 1.79. The van der Waals surface area contributed by atoms with Gasteiger partial charge in [-0.15, -0.1) is 0 Å². The van der Waals surface area contributed by atoms with E-state index < -0.39 is 0 Å². The van der Waals surface area contributed by atoms with E-state index in [1.54, 1.807) is 0 Å². The molecule has 0 aliphatic heterocycles. The Bertz CT molecular complexity index is 261. The van der Waals surface area contributed by atoms with Gasteiger partial charge in [0.1, 0.15) is 0 Å². The first-order valence-electron chi connectivity index (χ1n) is 6.24. The lowest BCUT2D eigenvalue weighted by atomic mass is 10.1. The van der Waals surface area contributed by atoms with Gasteiger partial charge >= 0.3 is 0 Å². The maximum atomic E-state index is 8.99. The van der Waals surface area contributed by atoms with Gasteiger partial charge in [0.05, 0.1) is 6.61 Å². The van der Waals surface area contributed by atoms with Gasteiger partial charge in [-0.3, -0.25) is 0 Å². The molecule has 0 saturated carbocycles. The van der Waals surface area contributed by atoms with Crippen LogP contribution in [0.3, 0.4) is 0 Å². The van der Waals surface area contributed by atoms with Crippen LogP contribution < -0.4 is 0 Å². The highest BCUT2D eigenvalue weighted by atomic mass is 16.3. The molecule has 1 aromatic carbocycles. The number of aliphatic hydroxyl groups is 1. The van der Waals surface area contributed by atoms with Crippen molar-refractivity contribution >= 4 is 0 Å². The van der Waals surface area contributed by atoms with E-state index in [4.69, 9.17) is 5.11 Å². The molecule has 90 valence electrons. The SMILES string of the molecule is CCCCN(CCO)CCc1ccccc1. The zero-order chi connectivity index (χ0) is 11.6. The first-order chi connectivity index (χ1) is 7.86. The molecule has 0 bridgehead atoms. The minimum absolute atomic E-state index is 0.262. The molecule has 0 amide bonds. The Kier molecular flexibility index (Phi) is 6.86. The average molecular weight is 221 g/mol. The Labute approximate surface area is 98.9 Å². The van der Waals surface area contributed by atoms with Crippen LogP contribution in [0.1, 0.15) is 25.3 Å². The normalized spacial score (nSPS) is 10.9. The highest BCUT2D eigenvalue weighted by Crippen LogP contribution is 2.02. The van der Waals surface area contributed by atoms with E-state index >= 15 is 0 Å². The monoisotopic (exact) mass is 221 g/mol. The number of unbranched alkanes of at least 4 members (excludes halogenated alkanes) is 1. The highest BCUT2D eigenvalue weighted by molar-refractivity contribution is 5.14. The van der Waals surface area contributed by atoms with Gasteiger partial charge in [0, 0.05) is 13.1 Å². The van der Waals surface area contributed by atoms with E-state index in [-0.39, 0.29) is 6.61 Å². The van der Waals surface area contributed by atoms with Gasteiger partial charge in [0.2, 0.25) is 0 Å². The molecule has 0 heterocycles. The summed E-state index contributed by atoms with van der Waals surface area (Å²) in [5.41, 5.74) is 1.38. The minimum Gasteiger partial charge on any atom is -0.395 e. The molecule has 2 nitrogen and oxygen atoms in total. The predicted octanol–water partition coefficient (Wildman–Crippen LogP) is 2.32. The zero-order valence-corrected chi connectivity index (χ0v) is 10.2. The Morgan fingerprint density at radius 2 is 1.81 bits per heavy atom. The van der Waals surface area contributed by atoms with E-state index in [2.05, 4.69) is 36.1 Å². The number of nitrogens with zero attached hydrogens (tertiary/aromatic N) is 1. The van der Waals surface area contributed by atoms with Crippen molar-refractivity contribution < 1.29 is 5.11 Å². The van der Waals surface area contributed by atoms with Gasteiger partial charge in [0.25, 0.3) is 0 Å². The van der Waals surface area contributed by atoms with Crippen LogP contribution in [0.5, 0.6) is 0 Å². The van der Waals surface area contributed by atoms with Gasteiger partial charge in [-0.25, -0.2) is 0 Å².